The van der Waals surface area contributed by atoms with E-state index in [-0.39, 0.29) is 12.1 Å². The fraction of sp³-hybridized carbons (Fsp3) is 0.588. The van der Waals surface area contributed by atoms with Crippen LogP contribution in [-0.2, 0) is 15.9 Å². The van der Waals surface area contributed by atoms with E-state index >= 15 is 0 Å². The summed E-state index contributed by atoms with van der Waals surface area (Å²) in [4.78, 5) is 0. The van der Waals surface area contributed by atoms with Gasteiger partial charge in [-0.15, -0.1) is 0 Å². The van der Waals surface area contributed by atoms with Gasteiger partial charge >= 0.3 is 7.12 Å². The Labute approximate surface area is 141 Å². The lowest BCUT2D eigenvalue weighted by atomic mass is 9.72. The SMILES string of the molecule is COCC1CCc2cc3c(cnn3C3CCCCO3)c(B(O)O)c21. The summed E-state index contributed by atoms with van der Waals surface area (Å²) in [7, 11) is 0.175. The van der Waals surface area contributed by atoms with Crippen LogP contribution in [0.1, 0.15) is 49.0 Å². The van der Waals surface area contributed by atoms with E-state index in [9.17, 15) is 10.0 Å². The summed E-state index contributed by atoms with van der Waals surface area (Å²) in [6.07, 6.45) is 6.74. The summed E-state index contributed by atoms with van der Waals surface area (Å²) < 4.78 is 13.1. The highest BCUT2D eigenvalue weighted by Gasteiger charge is 2.33. The molecular weight excluding hydrogens is 307 g/mol. The van der Waals surface area contributed by atoms with E-state index in [0.717, 1.165) is 55.2 Å². The van der Waals surface area contributed by atoms with Gasteiger partial charge in [0.15, 0.2) is 6.23 Å². The predicted octanol–water partition coefficient (Wildman–Crippen LogP) is 1.09. The number of methoxy groups -OCH3 is 1. The first kappa shape index (κ1) is 16.1. The summed E-state index contributed by atoms with van der Waals surface area (Å²) in [5.41, 5.74) is 3.72. The molecule has 2 aliphatic rings. The number of aryl methyl sites for hydroxylation is 1. The molecule has 1 aromatic carbocycles. The van der Waals surface area contributed by atoms with E-state index in [1.54, 1.807) is 13.3 Å². The van der Waals surface area contributed by atoms with Gasteiger partial charge in [0.25, 0.3) is 0 Å². The number of aromatic nitrogens is 2. The summed E-state index contributed by atoms with van der Waals surface area (Å²) in [5.74, 6) is 0.209. The van der Waals surface area contributed by atoms with Gasteiger partial charge in [0.05, 0.1) is 18.3 Å². The topological polar surface area (TPSA) is 76.7 Å². The average molecular weight is 330 g/mol. The molecule has 1 aliphatic carbocycles. The minimum atomic E-state index is -1.51. The largest absolute Gasteiger partial charge is 0.489 e. The molecule has 1 aliphatic heterocycles. The molecule has 2 heterocycles. The summed E-state index contributed by atoms with van der Waals surface area (Å²) in [6, 6.07) is 2.15. The van der Waals surface area contributed by atoms with Crippen molar-refractivity contribution in [1.29, 1.82) is 0 Å². The second-order valence-electron chi connectivity index (χ2n) is 6.77. The van der Waals surface area contributed by atoms with Crippen molar-refractivity contribution in [2.45, 2.75) is 44.2 Å². The second kappa shape index (κ2) is 6.48. The smallest absolute Gasteiger partial charge is 0.423 e. The fourth-order valence-corrected chi connectivity index (χ4v) is 4.24. The summed E-state index contributed by atoms with van der Waals surface area (Å²) >= 11 is 0. The average Bonchev–Trinajstić information content (AvgIpc) is 3.18. The number of fused-ring (bicyclic) bond motifs is 2. The highest BCUT2D eigenvalue weighted by Crippen LogP contribution is 2.36. The maximum Gasteiger partial charge on any atom is 0.489 e. The van der Waals surface area contributed by atoms with Crippen LogP contribution in [-0.4, -0.2) is 47.3 Å². The maximum absolute atomic E-state index is 10.0. The van der Waals surface area contributed by atoms with Crippen molar-refractivity contribution in [1.82, 2.24) is 9.78 Å². The lowest BCUT2D eigenvalue weighted by Crippen LogP contribution is -2.35. The van der Waals surface area contributed by atoms with Crippen molar-refractivity contribution in [3.63, 3.8) is 0 Å². The first-order chi connectivity index (χ1) is 11.7. The Kier molecular flexibility index (Phi) is 4.34. The fourth-order valence-electron chi connectivity index (χ4n) is 4.24. The van der Waals surface area contributed by atoms with Gasteiger partial charge in [0, 0.05) is 25.0 Å². The number of benzene rings is 1. The van der Waals surface area contributed by atoms with Gasteiger partial charge in [-0.2, -0.15) is 5.10 Å². The highest BCUT2D eigenvalue weighted by atomic mass is 16.5. The normalized spacial score (nSPS) is 23.6. The van der Waals surface area contributed by atoms with Crippen LogP contribution in [0.5, 0.6) is 0 Å². The monoisotopic (exact) mass is 330 g/mol. The molecule has 0 spiro atoms. The molecular formula is C17H23BN2O4. The van der Waals surface area contributed by atoms with Gasteiger partial charge in [-0.05, 0) is 54.8 Å². The van der Waals surface area contributed by atoms with Gasteiger partial charge in [-0.1, -0.05) is 0 Å². The van der Waals surface area contributed by atoms with E-state index < -0.39 is 7.12 Å². The van der Waals surface area contributed by atoms with Crippen LogP contribution < -0.4 is 5.46 Å². The van der Waals surface area contributed by atoms with Crippen molar-refractivity contribution >= 4 is 23.5 Å². The third-order valence-corrected chi connectivity index (χ3v) is 5.30. The Bertz CT molecular complexity index is 740. The molecule has 24 heavy (non-hydrogen) atoms. The third kappa shape index (κ3) is 2.56. The van der Waals surface area contributed by atoms with E-state index in [1.165, 1.54) is 5.56 Å². The molecule has 2 N–H and O–H groups in total. The van der Waals surface area contributed by atoms with Gasteiger partial charge in [0.2, 0.25) is 0 Å². The van der Waals surface area contributed by atoms with Gasteiger partial charge in [-0.25, -0.2) is 4.68 Å². The molecule has 0 saturated carbocycles. The Balaban J connectivity index is 1.86. The lowest BCUT2D eigenvalue weighted by Gasteiger charge is -2.24. The molecule has 7 heteroatoms. The van der Waals surface area contributed by atoms with Crippen LogP contribution in [0.4, 0.5) is 0 Å². The van der Waals surface area contributed by atoms with Crippen LogP contribution in [0, 0.1) is 0 Å². The van der Waals surface area contributed by atoms with E-state index in [2.05, 4.69) is 11.2 Å². The number of ether oxygens (including phenoxy) is 2. The Morgan fingerprint density at radius 3 is 2.96 bits per heavy atom. The number of rotatable bonds is 4. The third-order valence-electron chi connectivity index (χ3n) is 5.30. The zero-order valence-corrected chi connectivity index (χ0v) is 13.9. The molecule has 4 rings (SSSR count). The lowest BCUT2D eigenvalue weighted by molar-refractivity contribution is -0.0366. The molecule has 2 aromatic rings. The Morgan fingerprint density at radius 1 is 1.38 bits per heavy atom. The molecule has 2 unspecified atom stereocenters. The van der Waals surface area contributed by atoms with Crippen LogP contribution in [0.15, 0.2) is 12.3 Å². The molecule has 1 aromatic heterocycles. The van der Waals surface area contributed by atoms with Crippen molar-refractivity contribution in [2.75, 3.05) is 20.3 Å². The van der Waals surface area contributed by atoms with Crippen molar-refractivity contribution in [3.05, 3.63) is 23.4 Å². The minimum Gasteiger partial charge on any atom is -0.423 e. The zero-order valence-electron chi connectivity index (χ0n) is 13.9. The van der Waals surface area contributed by atoms with Crippen LogP contribution >= 0.6 is 0 Å². The molecule has 0 amide bonds. The standard InChI is InChI=1S/C17H23BN2O4/c1-23-10-12-6-5-11-8-14-13(17(16(11)12)18(21)22)9-19-20(14)15-4-2-3-7-24-15/h8-9,12,15,21-22H,2-7,10H2,1H3. The number of hydrogen-bond donors (Lipinski definition) is 2. The van der Waals surface area contributed by atoms with Gasteiger partial charge < -0.3 is 19.5 Å². The quantitative estimate of drug-likeness (QED) is 0.821. The summed E-state index contributed by atoms with van der Waals surface area (Å²) in [6.45, 7) is 1.35. The van der Waals surface area contributed by atoms with Crippen molar-refractivity contribution in [3.8, 4) is 0 Å². The van der Waals surface area contributed by atoms with E-state index in [4.69, 9.17) is 9.47 Å². The van der Waals surface area contributed by atoms with Gasteiger partial charge in [0.1, 0.15) is 0 Å². The maximum atomic E-state index is 10.0. The van der Waals surface area contributed by atoms with Gasteiger partial charge in [-0.3, -0.25) is 0 Å². The van der Waals surface area contributed by atoms with Crippen LogP contribution in [0.25, 0.3) is 10.9 Å². The number of nitrogens with zero attached hydrogens (tertiary/aromatic N) is 2. The first-order valence-corrected chi connectivity index (χ1v) is 8.70. The molecule has 1 saturated heterocycles. The first-order valence-electron chi connectivity index (χ1n) is 8.70. The molecule has 1 fully saturated rings. The second-order valence-corrected chi connectivity index (χ2v) is 6.77. The Morgan fingerprint density at radius 2 is 2.25 bits per heavy atom. The number of hydrogen-bond acceptors (Lipinski definition) is 5. The van der Waals surface area contributed by atoms with E-state index in [1.807, 2.05) is 4.68 Å². The molecule has 0 bridgehead atoms. The van der Waals surface area contributed by atoms with Crippen molar-refractivity contribution in [2.24, 2.45) is 0 Å². The van der Waals surface area contributed by atoms with Crippen molar-refractivity contribution < 1.29 is 19.5 Å². The predicted molar refractivity (Wildman–Crippen MR) is 91.3 cm³/mol. The highest BCUT2D eigenvalue weighted by molar-refractivity contribution is 6.62. The molecule has 128 valence electrons. The zero-order chi connectivity index (χ0) is 16.7. The molecule has 0 radical (unpaired) electrons. The Hall–Kier alpha value is -1.41. The minimum absolute atomic E-state index is 0.0610. The molecule has 2 atom stereocenters. The van der Waals surface area contributed by atoms with E-state index in [0.29, 0.717) is 12.1 Å². The van der Waals surface area contributed by atoms with Crippen LogP contribution in [0.2, 0.25) is 0 Å². The summed E-state index contributed by atoms with van der Waals surface area (Å²) in [5, 5.41) is 25.4. The molecule has 6 nitrogen and oxygen atoms in total. The van der Waals surface area contributed by atoms with Crippen LogP contribution in [0.3, 0.4) is 0 Å².